The van der Waals surface area contributed by atoms with Gasteiger partial charge in [0.25, 0.3) is 0 Å². The molecule has 1 aliphatic carbocycles. The van der Waals surface area contributed by atoms with Crippen LogP contribution in [0.15, 0.2) is 0 Å². The first kappa shape index (κ1) is 11.8. The SMILES string of the molecule is Cc1c(C)n(CC2CC2C)c2c(Cl)nc(N)nc12. The van der Waals surface area contributed by atoms with Crippen molar-refractivity contribution in [3.8, 4) is 0 Å². The Morgan fingerprint density at radius 2 is 2.06 bits per heavy atom. The van der Waals surface area contributed by atoms with E-state index >= 15 is 0 Å². The summed E-state index contributed by atoms with van der Waals surface area (Å²) in [5.74, 6) is 1.82. The largest absolute Gasteiger partial charge is 0.368 e. The van der Waals surface area contributed by atoms with Gasteiger partial charge >= 0.3 is 0 Å². The van der Waals surface area contributed by atoms with E-state index in [2.05, 4.69) is 35.3 Å². The zero-order valence-electron chi connectivity index (χ0n) is 10.9. The number of fused-ring (bicyclic) bond motifs is 1. The highest BCUT2D eigenvalue weighted by Crippen LogP contribution is 2.41. The summed E-state index contributed by atoms with van der Waals surface area (Å²) in [7, 11) is 0. The number of aryl methyl sites for hydroxylation is 1. The molecular formula is C13H17ClN4. The van der Waals surface area contributed by atoms with Crippen molar-refractivity contribution in [1.82, 2.24) is 14.5 Å². The topological polar surface area (TPSA) is 56.7 Å². The van der Waals surface area contributed by atoms with Crippen LogP contribution in [0.1, 0.15) is 24.6 Å². The van der Waals surface area contributed by atoms with Crippen molar-refractivity contribution in [2.45, 2.75) is 33.7 Å². The smallest absolute Gasteiger partial charge is 0.222 e. The van der Waals surface area contributed by atoms with Gasteiger partial charge in [0, 0.05) is 12.2 Å². The van der Waals surface area contributed by atoms with E-state index in [-0.39, 0.29) is 5.95 Å². The second kappa shape index (κ2) is 3.85. The highest BCUT2D eigenvalue weighted by Gasteiger charge is 2.33. The van der Waals surface area contributed by atoms with E-state index < -0.39 is 0 Å². The molecule has 0 amide bonds. The maximum atomic E-state index is 6.24. The number of nitrogen functional groups attached to an aromatic ring is 1. The molecule has 0 aliphatic heterocycles. The van der Waals surface area contributed by atoms with Gasteiger partial charge in [-0.2, -0.15) is 4.98 Å². The number of hydrogen-bond donors (Lipinski definition) is 1. The summed E-state index contributed by atoms with van der Waals surface area (Å²) in [6.07, 6.45) is 1.30. The van der Waals surface area contributed by atoms with Crippen LogP contribution in [-0.2, 0) is 6.54 Å². The van der Waals surface area contributed by atoms with E-state index in [0.717, 1.165) is 35.0 Å². The molecule has 0 aromatic carbocycles. The van der Waals surface area contributed by atoms with Crippen LogP contribution >= 0.6 is 11.6 Å². The molecule has 2 unspecified atom stereocenters. The van der Waals surface area contributed by atoms with Crippen LogP contribution < -0.4 is 5.73 Å². The number of anilines is 1. The molecule has 3 rings (SSSR count). The van der Waals surface area contributed by atoms with Crippen molar-refractivity contribution < 1.29 is 0 Å². The highest BCUT2D eigenvalue weighted by molar-refractivity contribution is 6.34. The lowest BCUT2D eigenvalue weighted by atomic mass is 10.2. The van der Waals surface area contributed by atoms with Gasteiger partial charge in [0.05, 0.1) is 5.52 Å². The number of nitrogens with two attached hydrogens (primary N) is 1. The van der Waals surface area contributed by atoms with E-state index in [1.165, 1.54) is 12.1 Å². The Morgan fingerprint density at radius 1 is 1.39 bits per heavy atom. The molecule has 2 heterocycles. The lowest BCUT2D eigenvalue weighted by molar-refractivity contribution is 0.597. The third-order valence-electron chi connectivity index (χ3n) is 4.12. The number of halogens is 1. The normalized spacial score (nSPS) is 22.7. The quantitative estimate of drug-likeness (QED) is 0.849. The zero-order valence-corrected chi connectivity index (χ0v) is 11.6. The molecule has 0 saturated heterocycles. The number of hydrogen-bond acceptors (Lipinski definition) is 3. The lowest BCUT2D eigenvalue weighted by Gasteiger charge is -2.08. The molecule has 1 fully saturated rings. The molecule has 96 valence electrons. The van der Waals surface area contributed by atoms with Gasteiger partial charge in [0.1, 0.15) is 5.52 Å². The lowest BCUT2D eigenvalue weighted by Crippen LogP contribution is -2.04. The fourth-order valence-corrected chi connectivity index (χ4v) is 2.88. The highest BCUT2D eigenvalue weighted by atomic mass is 35.5. The third-order valence-corrected chi connectivity index (χ3v) is 4.39. The molecule has 2 aromatic rings. The summed E-state index contributed by atoms with van der Waals surface area (Å²) in [5, 5.41) is 0.460. The van der Waals surface area contributed by atoms with Crippen LogP contribution in [0.4, 0.5) is 5.95 Å². The number of rotatable bonds is 2. The van der Waals surface area contributed by atoms with Crippen molar-refractivity contribution in [1.29, 1.82) is 0 Å². The van der Waals surface area contributed by atoms with Crippen molar-refractivity contribution in [2.75, 3.05) is 5.73 Å². The summed E-state index contributed by atoms with van der Waals surface area (Å²) in [6.45, 7) is 7.46. The maximum Gasteiger partial charge on any atom is 0.222 e. The molecule has 2 N–H and O–H groups in total. The van der Waals surface area contributed by atoms with Crippen molar-refractivity contribution in [3.63, 3.8) is 0 Å². The van der Waals surface area contributed by atoms with Crippen LogP contribution in [0.5, 0.6) is 0 Å². The zero-order chi connectivity index (χ0) is 13.0. The summed E-state index contributed by atoms with van der Waals surface area (Å²) < 4.78 is 2.25. The van der Waals surface area contributed by atoms with Gasteiger partial charge in [-0.15, -0.1) is 0 Å². The van der Waals surface area contributed by atoms with Gasteiger partial charge in [-0.1, -0.05) is 18.5 Å². The van der Waals surface area contributed by atoms with E-state index in [0.29, 0.717) is 5.15 Å². The third kappa shape index (κ3) is 1.67. The molecule has 1 saturated carbocycles. The first-order chi connectivity index (χ1) is 8.49. The molecule has 18 heavy (non-hydrogen) atoms. The maximum absolute atomic E-state index is 6.24. The van der Waals surface area contributed by atoms with Gasteiger partial charge in [0.15, 0.2) is 5.15 Å². The van der Waals surface area contributed by atoms with Crippen molar-refractivity contribution in [3.05, 3.63) is 16.4 Å². The van der Waals surface area contributed by atoms with E-state index in [1.54, 1.807) is 0 Å². The minimum atomic E-state index is 0.243. The van der Waals surface area contributed by atoms with E-state index in [4.69, 9.17) is 17.3 Å². The Hall–Kier alpha value is -1.29. The van der Waals surface area contributed by atoms with Crippen LogP contribution in [-0.4, -0.2) is 14.5 Å². The van der Waals surface area contributed by atoms with Gasteiger partial charge in [0.2, 0.25) is 5.95 Å². The molecule has 4 nitrogen and oxygen atoms in total. The van der Waals surface area contributed by atoms with Crippen LogP contribution in [0.2, 0.25) is 5.15 Å². The summed E-state index contributed by atoms with van der Waals surface area (Å²) in [6, 6.07) is 0. The van der Waals surface area contributed by atoms with Gasteiger partial charge < -0.3 is 10.3 Å². The Bertz CT molecular complexity index is 632. The minimum absolute atomic E-state index is 0.243. The Kier molecular flexibility index (Phi) is 2.52. The molecule has 2 aromatic heterocycles. The van der Waals surface area contributed by atoms with Gasteiger partial charge in [-0.05, 0) is 37.7 Å². The molecule has 0 spiro atoms. The molecule has 0 bridgehead atoms. The summed E-state index contributed by atoms with van der Waals surface area (Å²) >= 11 is 6.24. The number of nitrogens with zero attached hydrogens (tertiary/aromatic N) is 3. The predicted octanol–water partition coefficient (Wildman–Crippen LogP) is 2.94. The molecule has 5 heteroatoms. The first-order valence-electron chi connectivity index (χ1n) is 6.27. The minimum Gasteiger partial charge on any atom is -0.368 e. The van der Waals surface area contributed by atoms with Crippen LogP contribution in [0.3, 0.4) is 0 Å². The van der Waals surface area contributed by atoms with Gasteiger partial charge in [-0.3, -0.25) is 0 Å². The van der Waals surface area contributed by atoms with E-state index in [9.17, 15) is 0 Å². The second-order valence-electron chi connectivity index (χ2n) is 5.36. The number of aromatic nitrogens is 3. The van der Waals surface area contributed by atoms with E-state index in [1.807, 2.05) is 0 Å². The fraction of sp³-hybridized carbons (Fsp3) is 0.538. The summed E-state index contributed by atoms with van der Waals surface area (Å²) in [5.41, 5.74) is 9.85. The van der Waals surface area contributed by atoms with Crippen molar-refractivity contribution in [2.24, 2.45) is 11.8 Å². The monoisotopic (exact) mass is 264 g/mol. The standard InChI is InChI=1S/C13H17ClN4/c1-6-4-9(6)5-18-8(3)7(2)10-11(18)12(14)17-13(15)16-10/h6,9H,4-5H2,1-3H3,(H2,15,16,17). The molecular weight excluding hydrogens is 248 g/mol. The average Bonchev–Trinajstić information content (AvgIpc) is 2.94. The molecule has 1 aliphatic rings. The molecule has 2 atom stereocenters. The van der Waals surface area contributed by atoms with Crippen LogP contribution in [0, 0.1) is 25.7 Å². The Balaban J connectivity index is 2.20. The second-order valence-corrected chi connectivity index (χ2v) is 5.72. The Labute approximate surface area is 111 Å². The average molecular weight is 265 g/mol. The summed E-state index contributed by atoms with van der Waals surface area (Å²) in [4.78, 5) is 8.40. The van der Waals surface area contributed by atoms with Gasteiger partial charge in [-0.25, -0.2) is 4.98 Å². The Morgan fingerprint density at radius 3 is 2.67 bits per heavy atom. The predicted molar refractivity (Wildman–Crippen MR) is 73.7 cm³/mol. The first-order valence-corrected chi connectivity index (χ1v) is 6.65. The van der Waals surface area contributed by atoms with Crippen molar-refractivity contribution >= 4 is 28.6 Å². The molecule has 0 radical (unpaired) electrons. The fourth-order valence-electron chi connectivity index (χ4n) is 2.60. The van der Waals surface area contributed by atoms with Crippen LogP contribution in [0.25, 0.3) is 11.0 Å².